The summed E-state index contributed by atoms with van der Waals surface area (Å²) in [5, 5.41) is 0. The van der Waals surface area contributed by atoms with E-state index in [1.807, 2.05) is 0 Å². The van der Waals surface area contributed by atoms with Crippen molar-refractivity contribution < 1.29 is 18.0 Å². The molecule has 0 atom stereocenters. The van der Waals surface area contributed by atoms with Gasteiger partial charge in [-0.3, -0.25) is 4.79 Å². The van der Waals surface area contributed by atoms with Crippen LogP contribution in [0.15, 0.2) is 22.7 Å². The molecule has 0 aliphatic heterocycles. The Kier molecular flexibility index (Phi) is 5.19. The molecule has 100 valence electrons. The summed E-state index contributed by atoms with van der Waals surface area (Å²) >= 11 is 3.11. The Morgan fingerprint density at radius 2 is 2.00 bits per heavy atom. The van der Waals surface area contributed by atoms with Crippen LogP contribution in [0, 0.1) is 5.82 Å². The van der Waals surface area contributed by atoms with Crippen molar-refractivity contribution >= 4 is 21.8 Å². The molecule has 0 aliphatic rings. The molecule has 0 heterocycles. The molecule has 0 bridgehead atoms. The molecule has 0 fully saturated rings. The van der Waals surface area contributed by atoms with E-state index in [0.29, 0.717) is 4.47 Å². The van der Waals surface area contributed by atoms with Crippen molar-refractivity contribution in [1.82, 2.24) is 4.90 Å². The molecule has 0 saturated carbocycles. The van der Waals surface area contributed by atoms with Crippen LogP contribution in [0.4, 0.5) is 13.2 Å². The van der Waals surface area contributed by atoms with Crippen LogP contribution in [0.3, 0.4) is 0 Å². The normalized spacial score (nSPS) is 11.1. The van der Waals surface area contributed by atoms with Crippen LogP contribution < -0.4 is 0 Å². The fourth-order valence-corrected chi connectivity index (χ4v) is 1.91. The summed E-state index contributed by atoms with van der Waals surface area (Å²) in [4.78, 5) is 13.1. The van der Waals surface area contributed by atoms with Crippen LogP contribution in [-0.4, -0.2) is 29.8 Å². The van der Waals surface area contributed by atoms with Gasteiger partial charge in [0, 0.05) is 10.5 Å². The molecule has 0 aliphatic carbocycles. The van der Waals surface area contributed by atoms with Crippen molar-refractivity contribution in [2.75, 3.05) is 6.54 Å². The Hall–Kier alpha value is -1.04. The van der Waals surface area contributed by atoms with Crippen LogP contribution in [-0.2, 0) is 0 Å². The summed E-state index contributed by atoms with van der Waals surface area (Å²) in [6.45, 7) is 2.60. The first-order valence-electron chi connectivity index (χ1n) is 5.37. The van der Waals surface area contributed by atoms with Crippen molar-refractivity contribution in [2.24, 2.45) is 0 Å². The first kappa shape index (κ1) is 15.0. The van der Waals surface area contributed by atoms with Gasteiger partial charge in [0.15, 0.2) is 0 Å². The molecule has 1 aromatic carbocycles. The van der Waals surface area contributed by atoms with E-state index in [9.17, 15) is 18.0 Å². The minimum absolute atomic E-state index is 0.0457. The number of rotatable bonds is 4. The van der Waals surface area contributed by atoms with Crippen molar-refractivity contribution in [1.29, 1.82) is 0 Å². The zero-order valence-electron chi connectivity index (χ0n) is 9.96. The molecule has 2 nitrogen and oxygen atoms in total. The molecular formula is C12H13BrF3NO. The molecule has 0 aromatic heterocycles. The van der Waals surface area contributed by atoms with Gasteiger partial charge in [-0.05, 0) is 48.0 Å². The van der Waals surface area contributed by atoms with E-state index in [-0.39, 0.29) is 11.6 Å². The molecule has 0 saturated heterocycles. The molecule has 1 rings (SSSR count). The first-order valence-corrected chi connectivity index (χ1v) is 6.16. The van der Waals surface area contributed by atoms with Crippen LogP contribution >= 0.6 is 15.9 Å². The van der Waals surface area contributed by atoms with Crippen LogP contribution in [0.25, 0.3) is 0 Å². The Labute approximate surface area is 112 Å². The summed E-state index contributed by atoms with van der Waals surface area (Å²) in [5.41, 5.74) is 0.0457. The van der Waals surface area contributed by atoms with Crippen molar-refractivity contribution in [3.63, 3.8) is 0 Å². The van der Waals surface area contributed by atoms with Gasteiger partial charge >= 0.3 is 0 Å². The minimum atomic E-state index is -2.62. The third-order valence-corrected chi connectivity index (χ3v) is 3.07. The zero-order chi connectivity index (χ0) is 13.9. The maximum absolute atomic E-state index is 13.1. The highest BCUT2D eigenvalue weighted by molar-refractivity contribution is 9.10. The zero-order valence-corrected chi connectivity index (χ0v) is 11.5. The van der Waals surface area contributed by atoms with Gasteiger partial charge in [0.25, 0.3) is 12.3 Å². The summed E-state index contributed by atoms with van der Waals surface area (Å²) in [5.74, 6) is -1.20. The highest BCUT2D eigenvalue weighted by Crippen LogP contribution is 2.21. The number of alkyl halides is 2. The largest absolute Gasteiger partial charge is 0.330 e. The molecule has 0 N–H and O–H groups in total. The molecular weight excluding hydrogens is 311 g/mol. The Morgan fingerprint density at radius 1 is 1.39 bits per heavy atom. The Bertz CT molecular complexity index is 437. The van der Waals surface area contributed by atoms with Gasteiger partial charge in [-0.2, -0.15) is 0 Å². The van der Waals surface area contributed by atoms with E-state index < -0.39 is 24.7 Å². The average Bonchev–Trinajstić information content (AvgIpc) is 2.27. The lowest BCUT2D eigenvalue weighted by Crippen LogP contribution is -2.40. The van der Waals surface area contributed by atoms with Crippen molar-refractivity contribution in [3.05, 3.63) is 34.1 Å². The average molecular weight is 324 g/mol. The Balaban J connectivity index is 3.05. The highest BCUT2D eigenvalue weighted by atomic mass is 79.9. The summed E-state index contributed by atoms with van der Waals surface area (Å²) in [6, 6.07) is 3.21. The molecule has 0 radical (unpaired) electrons. The van der Waals surface area contributed by atoms with E-state index in [1.165, 1.54) is 12.1 Å². The second-order valence-corrected chi connectivity index (χ2v) is 4.92. The predicted molar refractivity (Wildman–Crippen MR) is 66.3 cm³/mol. The summed E-state index contributed by atoms with van der Waals surface area (Å²) in [6.07, 6.45) is -2.62. The number of hydrogen-bond acceptors (Lipinski definition) is 1. The van der Waals surface area contributed by atoms with E-state index in [2.05, 4.69) is 15.9 Å². The van der Waals surface area contributed by atoms with Gasteiger partial charge in [0.2, 0.25) is 0 Å². The first-order chi connectivity index (χ1) is 8.32. The molecule has 1 aromatic rings. The van der Waals surface area contributed by atoms with Gasteiger partial charge in [0.05, 0.1) is 12.1 Å². The lowest BCUT2D eigenvalue weighted by atomic mass is 10.1. The lowest BCUT2D eigenvalue weighted by molar-refractivity contribution is 0.0475. The number of carbonyl (C=O) groups is 1. The molecule has 1 amide bonds. The minimum Gasteiger partial charge on any atom is -0.330 e. The van der Waals surface area contributed by atoms with Crippen LogP contribution in [0.1, 0.15) is 24.2 Å². The van der Waals surface area contributed by atoms with Gasteiger partial charge < -0.3 is 4.90 Å². The monoisotopic (exact) mass is 323 g/mol. The van der Waals surface area contributed by atoms with E-state index in [0.717, 1.165) is 11.0 Å². The molecule has 6 heteroatoms. The lowest BCUT2D eigenvalue weighted by Gasteiger charge is -2.26. The van der Waals surface area contributed by atoms with Crippen LogP contribution in [0.5, 0.6) is 0 Å². The van der Waals surface area contributed by atoms with E-state index in [1.54, 1.807) is 13.8 Å². The fourth-order valence-electron chi connectivity index (χ4n) is 1.49. The molecule has 0 unspecified atom stereocenters. The Morgan fingerprint density at radius 3 is 2.50 bits per heavy atom. The van der Waals surface area contributed by atoms with Gasteiger partial charge in [-0.25, -0.2) is 13.2 Å². The summed E-state index contributed by atoms with van der Waals surface area (Å²) in [7, 11) is 0. The molecule has 18 heavy (non-hydrogen) atoms. The number of halogens is 4. The van der Waals surface area contributed by atoms with Gasteiger partial charge in [-0.15, -0.1) is 0 Å². The van der Waals surface area contributed by atoms with Crippen molar-refractivity contribution in [2.45, 2.75) is 26.3 Å². The number of hydrogen-bond donors (Lipinski definition) is 0. The topological polar surface area (TPSA) is 20.3 Å². The van der Waals surface area contributed by atoms with Gasteiger partial charge in [-0.1, -0.05) is 0 Å². The van der Waals surface area contributed by atoms with E-state index in [4.69, 9.17) is 0 Å². The standard InChI is InChI=1S/C12H13BrF3NO/c1-7(2)17(6-11(15)16)12(18)9-5-8(14)3-4-10(9)13/h3-5,7,11H,6H2,1-2H3. The van der Waals surface area contributed by atoms with Crippen LogP contribution in [0.2, 0.25) is 0 Å². The third-order valence-electron chi connectivity index (χ3n) is 2.38. The maximum Gasteiger partial charge on any atom is 0.255 e. The maximum atomic E-state index is 13.1. The molecule has 0 spiro atoms. The van der Waals surface area contributed by atoms with E-state index >= 15 is 0 Å². The second-order valence-electron chi connectivity index (χ2n) is 4.07. The number of benzene rings is 1. The number of nitrogens with zero attached hydrogens (tertiary/aromatic N) is 1. The predicted octanol–water partition coefficient (Wildman–Crippen LogP) is 3.70. The summed E-state index contributed by atoms with van der Waals surface area (Å²) < 4.78 is 38.3. The highest BCUT2D eigenvalue weighted by Gasteiger charge is 2.24. The number of carbonyl (C=O) groups excluding carboxylic acids is 1. The third kappa shape index (κ3) is 3.73. The quantitative estimate of drug-likeness (QED) is 0.827. The number of amides is 1. The van der Waals surface area contributed by atoms with Gasteiger partial charge in [0.1, 0.15) is 5.82 Å². The van der Waals surface area contributed by atoms with Crippen molar-refractivity contribution in [3.8, 4) is 0 Å². The SMILES string of the molecule is CC(C)N(CC(F)F)C(=O)c1cc(F)ccc1Br. The fraction of sp³-hybridized carbons (Fsp3) is 0.417. The second kappa shape index (κ2) is 6.22. The smallest absolute Gasteiger partial charge is 0.255 e.